The minimum atomic E-state index is -4.22. The third-order valence-corrected chi connectivity index (χ3v) is 2.50. The van der Waals surface area contributed by atoms with Crippen molar-refractivity contribution < 1.29 is 13.2 Å². The first-order chi connectivity index (χ1) is 6.95. The number of nitrogens with two attached hydrogens (primary N) is 1. The summed E-state index contributed by atoms with van der Waals surface area (Å²) in [4.78, 5) is 0. The largest absolute Gasteiger partial charge is 0.412 e. The van der Waals surface area contributed by atoms with E-state index in [9.17, 15) is 13.2 Å². The lowest BCUT2D eigenvalue weighted by molar-refractivity contribution is -0.0960. The molecule has 0 aromatic rings. The van der Waals surface area contributed by atoms with Gasteiger partial charge in [0, 0.05) is 11.8 Å². The summed E-state index contributed by atoms with van der Waals surface area (Å²) in [5, 5.41) is 3.27. The highest BCUT2D eigenvalue weighted by molar-refractivity contribution is 5.78. The monoisotopic (exact) mass is 218 g/mol. The molecule has 0 saturated carbocycles. The molecule has 2 N–H and O–H groups in total. The summed E-state index contributed by atoms with van der Waals surface area (Å²) >= 11 is 0. The molecule has 0 bridgehead atoms. The Kier molecular flexibility index (Phi) is 3.55. The molecule has 1 rings (SSSR count). The zero-order chi connectivity index (χ0) is 11.5. The summed E-state index contributed by atoms with van der Waals surface area (Å²) in [6, 6.07) is 0. The molecule has 0 amide bonds. The summed E-state index contributed by atoms with van der Waals surface area (Å²) in [5.74, 6) is 4.73. The van der Waals surface area contributed by atoms with Crippen LogP contribution in [-0.4, -0.2) is 12.4 Å². The molecular weight excluding hydrogens is 205 g/mol. The van der Waals surface area contributed by atoms with Gasteiger partial charge in [0.2, 0.25) is 0 Å². The van der Waals surface area contributed by atoms with Crippen molar-refractivity contribution in [3.63, 3.8) is 0 Å². The first-order valence-electron chi connectivity index (χ1n) is 4.63. The second kappa shape index (κ2) is 4.51. The van der Waals surface area contributed by atoms with Gasteiger partial charge in [-0.05, 0) is 30.8 Å². The van der Waals surface area contributed by atoms with Crippen LogP contribution in [-0.2, 0) is 0 Å². The molecule has 0 radical (unpaired) electrons. The minimum Gasteiger partial charge on any atom is -0.323 e. The number of hydrogen-bond acceptors (Lipinski definition) is 2. The first kappa shape index (κ1) is 11.8. The second-order valence-electron chi connectivity index (χ2n) is 3.56. The van der Waals surface area contributed by atoms with Gasteiger partial charge in [0.05, 0.1) is 0 Å². The average molecular weight is 218 g/mol. The third-order valence-electron chi connectivity index (χ3n) is 2.50. The molecule has 0 aromatic carbocycles. The van der Waals surface area contributed by atoms with E-state index in [2.05, 4.69) is 11.7 Å². The Labute approximate surface area is 86.3 Å². The van der Waals surface area contributed by atoms with Crippen LogP contribution in [0.4, 0.5) is 13.2 Å². The summed E-state index contributed by atoms with van der Waals surface area (Å²) in [7, 11) is 0. The van der Waals surface area contributed by atoms with Gasteiger partial charge >= 0.3 is 6.18 Å². The lowest BCUT2D eigenvalue weighted by Gasteiger charge is -2.24. The number of rotatable bonds is 2. The SMILES string of the molecule is C=C(/C=N\N)C1CCC=C(C(F)(F)F)C1. The molecule has 1 unspecified atom stereocenters. The number of allylic oxidation sites excluding steroid dienone is 3. The van der Waals surface area contributed by atoms with E-state index in [0.29, 0.717) is 18.4 Å². The van der Waals surface area contributed by atoms with Gasteiger partial charge in [-0.2, -0.15) is 18.3 Å². The highest BCUT2D eigenvalue weighted by atomic mass is 19.4. The van der Waals surface area contributed by atoms with Crippen molar-refractivity contribution in [2.75, 3.05) is 0 Å². The van der Waals surface area contributed by atoms with Crippen molar-refractivity contribution in [2.24, 2.45) is 16.9 Å². The Morgan fingerprint density at radius 2 is 2.27 bits per heavy atom. The molecule has 0 saturated heterocycles. The summed E-state index contributed by atoms with van der Waals surface area (Å²) in [6.07, 6.45) is -0.568. The molecule has 5 heteroatoms. The number of halogens is 3. The van der Waals surface area contributed by atoms with E-state index in [0.717, 1.165) is 0 Å². The van der Waals surface area contributed by atoms with E-state index in [-0.39, 0.29) is 12.3 Å². The molecule has 0 aromatic heterocycles. The molecule has 0 heterocycles. The van der Waals surface area contributed by atoms with Crippen LogP contribution in [0.25, 0.3) is 0 Å². The number of hydrazone groups is 1. The number of nitrogens with zero attached hydrogens (tertiary/aromatic N) is 1. The van der Waals surface area contributed by atoms with Crippen LogP contribution in [0.3, 0.4) is 0 Å². The average Bonchev–Trinajstić information content (AvgIpc) is 2.17. The number of hydrogen-bond donors (Lipinski definition) is 1. The van der Waals surface area contributed by atoms with Crippen molar-refractivity contribution in [1.29, 1.82) is 0 Å². The third kappa shape index (κ3) is 3.11. The smallest absolute Gasteiger partial charge is 0.323 e. The van der Waals surface area contributed by atoms with Crippen LogP contribution in [0.5, 0.6) is 0 Å². The minimum absolute atomic E-state index is 0.0195. The Bertz CT molecular complexity index is 302. The van der Waals surface area contributed by atoms with Crippen LogP contribution >= 0.6 is 0 Å². The molecule has 1 aliphatic rings. The molecule has 0 aliphatic heterocycles. The molecule has 0 spiro atoms. The fourth-order valence-electron chi connectivity index (χ4n) is 1.66. The Morgan fingerprint density at radius 1 is 1.60 bits per heavy atom. The lowest BCUT2D eigenvalue weighted by Crippen LogP contribution is -2.20. The Balaban J connectivity index is 2.70. The van der Waals surface area contributed by atoms with Gasteiger partial charge in [-0.3, -0.25) is 0 Å². The van der Waals surface area contributed by atoms with Gasteiger partial charge in [0.15, 0.2) is 0 Å². The molecular formula is C10H13F3N2. The summed E-state index contributed by atoms with van der Waals surface area (Å²) in [5.41, 5.74) is 0.0951. The lowest BCUT2D eigenvalue weighted by atomic mass is 9.84. The standard InChI is InChI=1S/C10H13F3N2/c1-7(6-15-14)8-3-2-4-9(5-8)10(11,12)13/h4,6,8H,1-3,5,14H2/b15-6-. The Morgan fingerprint density at radius 3 is 2.80 bits per heavy atom. The van der Waals surface area contributed by atoms with Gasteiger partial charge in [0.25, 0.3) is 0 Å². The quantitative estimate of drug-likeness (QED) is 0.329. The van der Waals surface area contributed by atoms with Crippen molar-refractivity contribution >= 4 is 6.21 Å². The van der Waals surface area contributed by atoms with Crippen LogP contribution in [0, 0.1) is 5.92 Å². The van der Waals surface area contributed by atoms with E-state index >= 15 is 0 Å². The highest BCUT2D eigenvalue weighted by Gasteiger charge is 2.36. The van der Waals surface area contributed by atoms with E-state index in [1.807, 2.05) is 0 Å². The van der Waals surface area contributed by atoms with Gasteiger partial charge in [-0.15, -0.1) is 0 Å². The van der Waals surface area contributed by atoms with E-state index < -0.39 is 11.7 Å². The van der Waals surface area contributed by atoms with Gasteiger partial charge in [-0.25, -0.2) is 0 Å². The molecule has 0 fully saturated rings. The Hall–Kier alpha value is -1.26. The van der Waals surface area contributed by atoms with Gasteiger partial charge < -0.3 is 5.84 Å². The number of alkyl halides is 3. The summed E-state index contributed by atoms with van der Waals surface area (Å²) < 4.78 is 37.2. The van der Waals surface area contributed by atoms with Crippen molar-refractivity contribution in [1.82, 2.24) is 0 Å². The topological polar surface area (TPSA) is 38.4 Å². The molecule has 2 nitrogen and oxygen atoms in total. The predicted octanol–water partition coefficient (Wildman–Crippen LogP) is 2.78. The van der Waals surface area contributed by atoms with Crippen LogP contribution in [0.15, 0.2) is 28.9 Å². The van der Waals surface area contributed by atoms with Crippen LogP contribution in [0.1, 0.15) is 19.3 Å². The second-order valence-corrected chi connectivity index (χ2v) is 3.56. The van der Waals surface area contributed by atoms with Crippen molar-refractivity contribution in [3.05, 3.63) is 23.8 Å². The van der Waals surface area contributed by atoms with Crippen molar-refractivity contribution in [3.8, 4) is 0 Å². The van der Waals surface area contributed by atoms with Gasteiger partial charge in [0.1, 0.15) is 0 Å². The normalized spacial score (nSPS) is 22.9. The predicted molar refractivity (Wildman–Crippen MR) is 53.3 cm³/mol. The highest BCUT2D eigenvalue weighted by Crippen LogP contribution is 2.37. The van der Waals surface area contributed by atoms with Crippen LogP contribution in [0.2, 0.25) is 0 Å². The maximum Gasteiger partial charge on any atom is 0.412 e. The maximum atomic E-state index is 12.4. The maximum absolute atomic E-state index is 12.4. The zero-order valence-corrected chi connectivity index (χ0v) is 8.22. The van der Waals surface area contributed by atoms with Crippen LogP contribution < -0.4 is 5.84 Å². The fourth-order valence-corrected chi connectivity index (χ4v) is 1.66. The van der Waals surface area contributed by atoms with Gasteiger partial charge in [-0.1, -0.05) is 12.7 Å². The van der Waals surface area contributed by atoms with E-state index in [1.165, 1.54) is 12.3 Å². The summed E-state index contributed by atoms with van der Waals surface area (Å²) in [6.45, 7) is 3.66. The van der Waals surface area contributed by atoms with E-state index in [4.69, 9.17) is 5.84 Å². The molecule has 84 valence electrons. The van der Waals surface area contributed by atoms with Crippen molar-refractivity contribution in [2.45, 2.75) is 25.4 Å². The molecule has 1 atom stereocenters. The van der Waals surface area contributed by atoms with E-state index in [1.54, 1.807) is 0 Å². The fraction of sp³-hybridized carbons (Fsp3) is 0.500. The first-order valence-corrected chi connectivity index (χ1v) is 4.63. The molecule has 15 heavy (non-hydrogen) atoms. The zero-order valence-electron chi connectivity index (χ0n) is 8.22. The molecule has 1 aliphatic carbocycles.